The first-order chi connectivity index (χ1) is 13.4. The van der Waals surface area contributed by atoms with E-state index in [-0.39, 0.29) is 30.2 Å². The zero-order chi connectivity index (χ0) is 20.5. The molecule has 7 nitrogen and oxygen atoms in total. The molecule has 0 radical (unpaired) electrons. The molecular formula is C21H26N4O3. The normalized spacial score (nSPS) is 10.3. The van der Waals surface area contributed by atoms with Crippen molar-refractivity contribution in [3.05, 3.63) is 54.1 Å². The van der Waals surface area contributed by atoms with Crippen molar-refractivity contribution in [3.63, 3.8) is 0 Å². The van der Waals surface area contributed by atoms with E-state index in [2.05, 4.69) is 21.3 Å². The number of amides is 3. The molecular weight excluding hydrogens is 356 g/mol. The van der Waals surface area contributed by atoms with E-state index in [4.69, 9.17) is 0 Å². The van der Waals surface area contributed by atoms with Crippen molar-refractivity contribution in [2.75, 3.05) is 29.0 Å². The number of carbonyl (C=O) groups is 3. The lowest BCUT2D eigenvalue weighted by atomic mass is 10.2. The maximum absolute atomic E-state index is 12.1. The number of hydrogen-bond donors (Lipinski definition) is 4. The Balaban J connectivity index is 1.86. The largest absolute Gasteiger partial charge is 0.376 e. The van der Waals surface area contributed by atoms with Crippen LogP contribution in [0.3, 0.4) is 0 Å². The summed E-state index contributed by atoms with van der Waals surface area (Å²) in [4.78, 5) is 35.7. The third-order valence-corrected chi connectivity index (χ3v) is 3.88. The van der Waals surface area contributed by atoms with Gasteiger partial charge < -0.3 is 21.3 Å². The summed E-state index contributed by atoms with van der Waals surface area (Å²) >= 11 is 0. The second kappa shape index (κ2) is 10.1. The Morgan fingerprint density at radius 3 is 2.21 bits per heavy atom. The highest BCUT2D eigenvalue weighted by atomic mass is 16.2. The Hall–Kier alpha value is -3.35. The fourth-order valence-electron chi connectivity index (χ4n) is 2.35. The third kappa shape index (κ3) is 6.42. The van der Waals surface area contributed by atoms with Gasteiger partial charge in [-0.15, -0.1) is 0 Å². The van der Waals surface area contributed by atoms with Crippen LogP contribution in [0.1, 0.15) is 31.1 Å². The molecule has 3 amide bonds. The minimum Gasteiger partial charge on any atom is -0.376 e. The molecule has 4 N–H and O–H groups in total. The second-order valence-electron chi connectivity index (χ2n) is 6.56. The van der Waals surface area contributed by atoms with Gasteiger partial charge in [0.2, 0.25) is 11.8 Å². The number of benzene rings is 2. The Morgan fingerprint density at radius 1 is 0.893 bits per heavy atom. The van der Waals surface area contributed by atoms with Crippen LogP contribution < -0.4 is 21.3 Å². The van der Waals surface area contributed by atoms with E-state index < -0.39 is 0 Å². The van der Waals surface area contributed by atoms with Gasteiger partial charge in [0.1, 0.15) is 0 Å². The Morgan fingerprint density at radius 2 is 1.57 bits per heavy atom. The topological polar surface area (TPSA) is 99.3 Å². The third-order valence-electron chi connectivity index (χ3n) is 3.88. The average Bonchev–Trinajstić information content (AvgIpc) is 2.67. The Labute approximate surface area is 164 Å². The van der Waals surface area contributed by atoms with Gasteiger partial charge in [-0.2, -0.15) is 0 Å². The standard InChI is InChI=1S/C21H26N4O3/c1-4-22-21(28)15-6-5-7-18(12-15)24-19(26)13-23-16-8-10-17(11-9-16)25-20(27)14(2)3/h5-12,14,23H,4,13H2,1-3H3,(H,22,28)(H,24,26)(H,25,27). The molecule has 2 aromatic carbocycles. The van der Waals surface area contributed by atoms with Gasteiger partial charge in [-0.1, -0.05) is 19.9 Å². The minimum atomic E-state index is -0.231. The fraction of sp³-hybridized carbons (Fsp3) is 0.286. The molecule has 0 aromatic heterocycles. The molecule has 0 fully saturated rings. The predicted octanol–water partition coefficient (Wildman–Crippen LogP) is 3.08. The van der Waals surface area contributed by atoms with Crippen LogP contribution in [0.25, 0.3) is 0 Å². The summed E-state index contributed by atoms with van der Waals surface area (Å²) in [5.74, 6) is -0.547. The molecule has 2 aromatic rings. The number of carbonyl (C=O) groups excluding carboxylic acids is 3. The van der Waals surface area contributed by atoms with Crippen LogP contribution >= 0.6 is 0 Å². The molecule has 2 rings (SSSR count). The summed E-state index contributed by atoms with van der Waals surface area (Å²) < 4.78 is 0. The van der Waals surface area contributed by atoms with Crippen LogP contribution in [0.2, 0.25) is 0 Å². The first kappa shape index (κ1) is 21.0. The van der Waals surface area contributed by atoms with Crippen molar-refractivity contribution in [2.45, 2.75) is 20.8 Å². The number of anilines is 3. The molecule has 0 bridgehead atoms. The van der Waals surface area contributed by atoms with Crippen molar-refractivity contribution >= 4 is 34.8 Å². The van der Waals surface area contributed by atoms with E-state index in [1.54, 1.807) is 48.5 Å². The van der Waals surface area contributed by atoms with Gasteiger partial charge >= 0.3 is 0 Å². The summed E-state index contributed by atoms with van der Waals surface area (Å²) in [5.41, 5.74) is 2.51. The van der Waals surface area contributed by atoms with Crippen LogP contribution in [0, 0.1) is 5.92 Å². The van der Waals surface area contributed by atoms with Gasteiger partial charge in [0, 0.05) is 35.1 Å². The summed E-state index contributed by atoms with van der Waals surface area (Å²) in [7, 11) is 0. The van der Waals surface area contributed by atoms with Crippen LogP contribution in [0.15, 0.2) is 48.5 Å². The van der Waals surface area contributed by atoms with E-state index in [0.29, 0.717) is 23.5 Å². The molecule has 0 spiro atoms. The number of nitrogens with one attached hydrogen (secondary N) is 4. The second-order valence-corrected chi connectivity index (χ2v) is 6.56. The highest BCUT2D eigenvalue weighted by molar-refractivity contribution is 5.98. The molecule has 0 aliphatic carbocycles. The molecule has 0 aliphatic rings. The van der Waals surface area contributed by atoms with Crippen LogP contribution in [-0.4, -0.2) is 30.8 Å². The predicted molar refractivity (Wildman–Crippen MR) is 111 cm³/mol. The first-order valence-corrected chi connectivity index (χ1v) is 9.22. The lowest BCUT2D eigenvalue weighted by Crippen LogP contribution is -2.24. The molecule has 0 saturated carbocycles. The first-order valence-electron chi connectivity index (χ1n) is 9.22. The SMILES string of the molecule is CCNC(=O)c1cccc(NC(=O)CNc2ccc(NC(=O)C(C)C)cc2)c1. The zero-order valence-electron chi connectivity index (χ0n) is 16.3. The van der Waals surface area contributed by atoms with Crippen molar-refractivity contribution < 1.29 is 14.4 Å². The van der Waals surface area contributed by atoms with Crippen molar-refractivity contribution in [2.24, 2.45) is 5.92 Å². The van der Waals surface area contributed by atoms with E-state index in [0.717, 1.165) is 5.69 Å². The lowest BCUT2D eigenvalue weighted by molar-refractivity contribution is -0.119. The van der Waals surface area contributed by atoms with Crippen molar-refractivity contribution in [1.82, 2.24) is 5.32 Å². The van der Waals surface area contributed by atoms with Crippen molar-refractivity contribution in [1.29, 1.82) is 0 Å². The quantitative estimate of drug-likeness (QED) is 0.564. The van der Waals surface area contributed by atoms with E-state index in [9.17, 15) is 14.4 Å². The Kier molecular flexibility index (Phi) is 7.56. The smallest absolute Gasteiger partial charge is 0.251 e. The Bertz CT molecular complexity index is 832. The van der Waals surface area contributed by atoms with Gasteiger partial charge in [-0.05, 0) is 49.4 Å². The van der Waals surface area contributed by atoms with Gasteiger partial charge in [0.05, 0.1) is 6.54 Å². The molecule has 0 heterocycles. The van der Waals surface area contributed by atoms with Gasteiger partial charge in [0.25, 0.3) is 5.91 Å². The molecule has 0 aliphatic heterocycles. The fourth-order valence-corrected chi connectivity index (χ4v) is 2.35. The molecule has 0 unspecified atom stereocenters. The lowest BCUT2D eigenvalue weighted by Gasteiger charge is -2.11. The zero-order valence-corrected chi connectivity index (χ0v) is 16.3. The maximum Gasteiger partial charge on any atom is 0.251 e. The molecule has 28 heavy (non-hydrogen) atoms. The van der Waals surface area contributed by atoms with Crippen LogP contribution in [-0.2, 0) is 9.59 Å². The summed E-state index contributed by atoms with van der Waals surface area (Å²) in [6.45, 7) is 6.12. The highest BCUT2D eigenvalue weighted by Crippen LogP contribution is 2.15. The van der Waals surface area contributed by atoms with Crippen LogP contribution in [0.4, 0.5) is 17.1 Å². The molecule has 0 atom stereocenters. The number of hydrogen-bond acceptors (Lipinski definition) is 4. The molecule has 0 saturated heterocycles. The summed E-state index contributed by atoms with van der Waals surface area (Å²) in [5, 5.41) is 11.3. The number of rotatable bonds is 8. The van der Waals surface area contributed by atoms with E-state index in [1.165, 1.54) is 0 Å². The monoisotopic (exact) mass is 382 g/mol. The summed E-state index contributed by atoms with van der Waals surface area (Å²) in [6, 6.07) is 13.9. The van der Waals surface area contributed by atoms with Crippen molar-refractivity contribution in [3.8, 4) is 0 Å². The maximum atomic E-state index is 12.1. The van der Waals surface area contributed by atoms with Crippen LogP contribution in [0.5, 0.6) is 0 Å². The average molecular weight is 382 g/mol. The molecule has 7 heteroatoms. The molecule has 148 valence electrons. The van der Waals surface area contributed by atoms with Gasteiger partial charge in [0.15, 0.2) is 0 Å². The van der Waals surface area contributed by atoms with Gasteiger partial charge in [-0.25, -0.2) is 0 Å². The highest BCUT2D eigenvalue weighted by Gasteiger charge is 2.08. The van der Waals surface area contributed by atoms with E-state index in [1.807, 2.05) is 20.8 Å². The summed E-state index contributed by atoms with van der Waals surface area (Å²) in [6.07, 6.45) is 0. The van der Waals surface area contributed by atoms with Gasteiger partial charge in [-0.3, -0.25) is 14.4 Å². The minimum absolute atomic E-state index is 0.0464. The van der Waals surface area contributed by atoms with E-state index >= 15 is 0 Å².